The Bertz CT molecular complexity index is 1320. The summed E-state index contributed by atoms with van der Waals surface area (Å²) >= 11 is 0. The first-order valence-corrected chi connectivity index (χ1v) is 11.3. The molecule has 0 fully saturated rings. The van der Waals surface area contributed by atoms with Crippen LogP contribution in [0.5, 0.6) is 11.5 Å². The van der Waals surface area contributed by atoms with Crippen LogP contribution in [0, 0.1) is 5.21 Å². The number of anilines is 1. The number of benzene rings is 2. The van der Waals surface area contributed by atoms with E-state index in [4.69, 9.17) is 14.7 Å². The number of amides is 1. The topological polar surface area (TPSA) is 132 Å². The van der Waals surface area contributed by atoms with Crippen molar-refractivity contribution in [2.45, 2.75) is 4.90 Å². The van der Waals surface area contributed by atoms with E-state index in [1.807, 2.05) is 0 Å². The van der Waals surface area contributed by atoms with E-state index >= 15 is 0 Å². The van der Waals surface area contributed by atoms with Gasteiger partial charge < -0.3 is 14.7 Å². The van der Waals surface area contributed by atoms with Gasteiger partial charge in [0.25, 0.3) is 15.9 Å². The van der Waals surface area contributed by atoms with Gasteiger partial charge in [0.15, 0.2) is 23.9 Å². The third-order valence-electron chi connectivity index (χ3n) is 5.03. The van der Waals surface area contributed by atoms with Gasteiger partial charge in [0.1, 0.15) is 0 Å². The molecule has 2 aromatic carbocycles. The van der Waals surface area contributed by atoms with Crippen molar-refractivity contribution in [2.24, 2.45) is 0 Å². The molecular formula is C23H23N3O7S. The standard InChI is InChI=1S/C23H23N3O7S/c1-25(34(30,31)19-7-8-21(32-2)22(14-19)33-3)18-6-4-5-17(13-18)20(15-23(27)24-28)16-9-11-26(29)12-10-16/h4-15,28H,1-3H3,(H,24,27)/b20-15-. The van der Waals surface area contributed by atoms with Crippen LogP contribution >= 0.6 is 0 Å². The van der Waals surface area contributed by atoms with E-state index in [0.29, 0.717) is 32.9 Å². The van der Waals surface area contributed by atoms with Crippen molar-refractivity contribution in [1.29, 1.82) is 0 Å². The fourth-order valence-corrected chi connectivity index (χ4v) is 4.44. The Labute approximate surface area is 196 Å². The molecule has 178 valence electrons. The van der Waals surface area contributed by atoms with E-state index < -0.39 is 15.9 Å². The van der Waals surface area contributed by atoms with Crippen LogP contribution in [0.15, 0.2) is 78.0 Å². The molecule has 0 aliphatic heterocycles. The molecule has 34 heavy (non-hydrogen) atoms. The van der Waals surface area contributed by atoms with E-state index in [2.05, 4.69) is 0 Å². The van der Waals surface area contributed by atoms with Gasteiger partial charge in [-0.15, -0.1) is 0 Å². The molecule has 0 saturated heterocycles. The predicted molar refractivity (Wildman–Crippen MR) is 124 cm³/mol. The molecule has 0 spiro atoms. The lowest BCUT2D eigenvalue weighted by atomic mass is 9.98. The van der Waals surface area contributed by atoms with E-state index in [9.17, 15) is 18.4 Å². The van der Waals surface area contributed by atoms with Gasteiger partial charge in [-0.05, 0) is 41.0 Å². The van der Waals surface area contributed by atoms with Crippen LogP contribution in [0.2, 0.25) is 0 Å². The lowest BCUT2D eigenvalue weighted by Crippen LogP contribution is -2.26. The molecule has 3 aromatic rings. The van der Waals surface area contributed by atoms with Gasteiger partial charge in [-0.3, -0.25) is 14.3 Å². The summed E-state index contributed by atoms with van der Waals surface area (Å²) in [6.07, 6.45) is 3.67. The number of hydrogen-bond acceptors (Lipinski definition) is 7. The van der Waals surface area contributed by atoms with Gasteiger partial charge in [-0.2, -0.15) is 4.73 Å². The summed E-state index contributed by atoms with van der Waals surface area (Å²) < 4.78 is 38.7. The Hall–Kier alpha value is -4.09. The molecule has 0 saturated carbocycles. The first-order chi connectivity index (χ1) is 16.2. The second-order valence-corrected chi connectivity index (χ2v) is 8.99. The molecule has 0 atom stereocenters. The second kappa shape index (κ2) is 10.2. The molecule has 0 aliphatic carbocycles. The Morgan fingerprint density at radius 2 is 1.71 bits per heavy atom. The molecule has 0 radical (unpaired) electrons. The molecular weight excluding hydrogens is 462 g/mol. The number of carbonyl (C=O) groups excluding carboxylic acids is 1. The molecule has 1 amide bonds. The average Bonchev–Trinajstić information content (AvgIpc) is 2.86. The number of methoxy groups -OCH3 is 2. The number of sulfonamides is 1. The smallest absolute Gasteiger partial charge is 0.267 e. The highest BCUT2D eigenvalue weighted by atomic mass is 32.2. The zero-order chi connectivity index (χ0) is 24.9. The summed E-state index contributed by atoms with van der Waals surface area (Å²) in [6, 6.07) is 13.8. The average molecular weight is 486 g/mol. The molecule has 0 bridgehead atoms. The predicted octanol–water partition coefficient (Wildman–Crippen LogP) is 2.10. The number of nitrogens with zero attached hydrogens (tertiary/aromatic N) is 2. The van der Waals surface area contributed by atoms with Crippen LogP contribution in [-0.4, -0.2) is 40.8 Å². The largest absolute Gasteiger partial charge is 0.619 e. The van der Waals surface area contributed by atoms with Crippen molar-refractivity contribution < 1.29 is 32.6 Å². The minimum atomic E-state index is -3.98. The highest BCUT2D eigenvalue weighted by Gasteiger charge is 2.24. The maximum atomic E-state index is 13.3. The van der Waals surface area contributed by atoms with Crippen molar-refractivity contribution in [3.05, 3.63) is 89.4 Å². The zero-order valence-corrected chi connectivity index (χ0v) is 19.4. The Morgan fingerprint density at radius 1 is 1.03 bits per heavy atom. The molecule has 10 nitrogen and oxygen atoms in total. The Kier molecular flexibility index (Phi) is 7.39. The summed E-state index contributed by atoms with van der Waals surface area (Å²) in [6.45, 7) is 0. The summed E-state index contributed by atoms with van der Waals surface area (Å²) in [4.78, 5) is 11.9. The van der Waals surface area contributed by atoms with Crippen LogP contribution in [-0.2, 0) is 14.8 Å². The zero-order valence-electron chi connectivity index (χ0n) is 18.6. The van der Waals surface area contributed by atoms with Crippen molar-refractivity contribution in [1.82, 2.24) is 5.48 Å². The SMILES string of the molecule is COc1ccc(S(=O)(=O)N(C)c2cccc(/C(=C\C(=O)NO)c3cc[n+]([O-])cc3)c2)cc1OC. The lowest BCUT2D eigenvalue weighted by molar-refractivity contribution is -0.605. The number of nitrogens with one attached hydrogen (secondary N) is 1. The van der Waals surface area contributed by atoms with Gasteiger partial charge in [-0.1, -0.05) is 12.1 Å². The van der Waals surface area contributed by atoms with Crippen molar-refractivity contribution >= 4 is 27.2 Å². The van der Waals surface area contributed by atoms with Crippen molar-refractivity contribution in [3.8, 4) is 11.5 Å². The third-order valence-corrected chi connectivity index (χ3v) is 6.81. The van der Waals surface area contributed by atoms with Crippen molar-refractivity contribution in [2.75, 3.05) is 25.6 Å². The maximum absolute atomic E-state index is 13.3. The first-order valence-electron chi connectivity index (χ1n) is 9.87. The normalized spacial score (nSPS) is 11.6. The highest BCUT2D eigenvalue weighted by molar-refractivity contribution is 7.92. The van der Waals surface area contributed by atoms with Gasteiger partial charge in [0.05, 0.1) is 24.8 Å². The van der Waals surface area contributed by atoms with Gasteiger partial charge in [0.2, 0.25) is 0 Å². The van der Waals surface area contributed by atoms with E-state index in [0.717, 1.165) is 10.4 Å². The molecule has 3 rings (SSSR count). The second-order valence-electron chi connectivity index (χ2n) is 7.02. The Morgan fingerprint density at radius 3 is 2.32 bits per heavy atom. The number of aromatic nitrogens is 1. The van der Waals surface area contributed by atoms with Crippen molar-refractivity contribution in [3.63, 3.8) is 0 Å². The van der Waals surface area contributed by atoms with E-state index in [1.54, 1.807) is 24.3 Å². The number of rotatable bonds is 8. The molecule has 1 heterocycles. The summed E-state index contributed by atoms with van der Waals surface area (Å²) in [5.41, 5.74) is 3.22. The van der Waals surface area contributed by atoms with Gasteiger partial charge >= 0.3 is 0 Å². The summed E-state index contributed by atoms with van der Waals surface area (Å²) in [5.74, 6) is -0.124. The fourth-order valence-electron chi connectivity index (χ4n) is 3.23. The fraction of sp³-hybridized carbons (Fsp3) is 0.130. The number of pyridine rings is 1. The number of hydroxylamine groups is 1. The minimum Gasteiger partial charge on any atom is -0.619 e. The number of ether oxygens (including phenoxy) is 2. The molecule has 0 aliphatic rings. The lowest BCUT2D eigenvalue weighted by Gasteiger charge is -2.21. The molecule has 2 N–H and O–H groups in total. The summed E-state index contributed by atoms with van der Waals surface area (Å²) in [7, 11) is 0.291. The minimum absolute atomic E-state index is 0.00321. The molecule has 1 aromatic heterocycles. The van der Waals surface area contributed by atoms with Crippen LogP contribution < -0.4 is 24.0 Å². The van der Waals surface area contributed by atoms with Crippen LogP contribution in [0.4, 0.5) is 5.69 Å². The van der Waals surface area contributed by atoms with Crippen LogP contribution in [0.3, 0.4) is 0 Å². The van der Waals surface area contributed by atoms with Crippen LogP contribution in [0.1, 0.15) is 11.1 Å². The molecule has 11 heteroatoms. The van der Waals surface area contributed by atoms with E-state index in [-0.39, 0.29) is 10.6 Å². The number of hydrogen-bond donors (Lipinski definition) is 2. The maximum Gasteiger partial charge on any atom is 0.267 e. The quantitative estimate of drug-likeness (QED) is 0.164. The third kappa shape index (κ3) is 5.11. The van der Waals surface area contributed by atoms with Gasteiger partial charge in [0, 0.05) is 31.3 Å². The van der Waals surface area contributed by atoms with E-state index in [1.165, 1.54) is 69.5 Å². The summed E-state index contributed by atoms with van der Waals surface area (Å²) in [5, 5.41) is 20.4. The number of carbonyl (C=O) groups is 1. The van der Waals surface area contributed by atoms with Gasteiger partial charge in [-0.25, -0.2) is 13.9 Å². The monoisotopic (exact) mass is 485 g/mol. The Balaban J connectivity index is 2.05. The first kappa shape index (κ1) is 24.6. The van der Waals surface area contributed by atoms with Crippen LogP contribution in [0.25, 0.3) is 5.57 Å². The molecule has 0 unspecified atom stereocenters. The highest BCUT2D eigenvalue weighted by Crippen LogP contribution is 2.33.